The Morgan fingerprint density at radius 2 is 1.79 bits per heavy atom. The minimum atomic E-state index is -1.47. The van der Waals surface area contributed by atoms with Gasteiger partial charge in [0.25, 0.3) is 5.91 Å². The molecule has 1 aliphatic heterocycles. The molecule has 1 atom stereocenters. The van der Waals surface area contributed by atoms with Crippen molar-refractivity contribution < 1.29 is 29.0 Å². The van der Waals surface area contributed by atoms with E-state index < -0.39 is 23.8 Å². The average molecular weight is 381 g/mol. The van der Waals surface area contributed by atoms with Gasteiger partial charge < -0.3 is 30.0 Å². The van der Waals surface area contributed by atoms with Crippen LogP contribution in [0.25, 0.3) is 6.08 Å². The summed E-state index contributed by atoms with van der Waals surface area (Å²) in [5, 5.41) is 16.3. The molecule has 1 aliphatic rings. The summed E-state index contributed by atoms with van der Waals surface area (Å²) < 4.78 is 10.5. The van der Waals surface area contributed by atoms with Gasteiger partial charge >= 0.3 is 0 Å². The maximum atomic E-state index is 12.7. The van der Waals surface area contributed by atoms with Gasteiger partial charge in [0, 0.05) is 6.92 Å². The van der Waals surface area contributed by atoms with E-state index in [0.717, 1.165) is 0 Å². The molecule has 8 nitrogen and oxygen atoms in total. The Morgan fingerprint density at radius 1 is 1.07 bits per heavy atom. The Balaban J connectivity index is 1.87. The number of aliphatic carboxylic acids is 1. The molecule has 0 bridgehead atoms. The second kappa shape index (κ2) is 8.26. The highest BCUT2D eigenvalue weighted by Crippen LogP contribution is 2.33. The molecule has 1 heterocycles. The summed E-state index contributed by atoms with van der Waals surface area (Å²) in [6.45, 7) is 1.35. The normalized spacial score (nSPS) is 13.5. The lowest BCUT2D eigenvalue weighted by Gasteiger charge is -2.21. The second-order valence-corrected chi connectivity index (χ2v) is 5.99. The van der Waals surface area contributed by atoms with Crippen LogP contribution in [0.15, 0.2) is 54.2 Å². The number of fused-ring (bicyclic) bond motifs is 1. The number of carbonyl (C=O) groups excluding carboxylic acids is 3. The highest BCUT2D eigenvalue weighted by molar-refractivity contribution is 6.02. The second-order valence-electron chi connectivity index (χ2n) is 5.99. The van der Waals surface area contributed by atoms with E-state index in [1.807, 2.05) is 0 Å². The molecule has 0 saturated heterocycles. The third kappa shape index (κ3) is 4.47. The Bertz CT molecular complexity index is 939. The van der Waals surface area contributed by atoms with Crippen LogP contribution in [0.1, 0.15) is 24.1 Å². The van der Waals surface area contributed by atoms with E-state index in [4.69, 9.17) is 9.47 Å². The Hall–Kier alpha value is -3.81. The van der Waals surface area contributed by atoms with Gasteiger partial charge in [-0.15, -0.1) is 0 Å². The van der Waals surface area contributed by atoms with Crippen molar-refractivity contribution in [3.8, 4) is 11.5 Å². The van der Waals surface area contributed by atoms with E-state index in [1.54, 1.807) is 48.5 Å². The Kier molecular flexibility index (Phi) is 5.59. The van der Waals surface area contributed by atoms with Gasteiger partial charge in [-0.3, -0.25) is 9.59 Å². The lowest BCUT2D eigenvalue weighted by Crippen LogP contribution is -2.43. The van der Waals surface area contributed by atoms with Crippen molar-refractivity contribution in [3.05, 3.63) is 65.4 Å². The molecule has 2 aromatic carbocycles. The first-order valence-electron chi connectivity index (χ1n) is 8.39. The van der Waals surface area contributed by atoms with Gasteiger partial charge in [0.1, 0.15) is 5.70 Å². The van der Waals surface area contributed by atoms with Crippen LogP contribution in [0.4, 0.5) is 0 Å². The van der Waals surface area contributed by atoms with Crippen LogP contribution >= 0.6 is 0 Å². The van der Waals surface area contributed by atoms with Gasteiger partial charge in [-0.05, 0) is 29.3 Å². The first kappa shape index (κ1) is 19.0. The largest absolute Gasteiger partial charge is 0.548 e. The monoisotopic (exact) mass is 381 g/mol. The summed E-state index contributed by atoms with van der Waals surface area (Å²) in [4.78, 5) is 35.7. The molecule has 8 heteroatoms. The maximum Gasteiger partial charge on any atom is 0.268 e. The van der Waals surface area contributed by atoms with Crippen molar-refractivity contribution in [3.63, 3.8) is 0 Å². The molecular weight excluding hydrogens is 364 g/mol. The third-order valence-electron chi connectivity index (χ3n) is 3.91. The van der Waals surface area contributed by atoms with E-state index in [0.29, 0.717) is 22.6 Å². The van der Waals surface area contributed by atoms with E-state index in [9.17, 15) is 19.5 Å². The first-order chi connectivity index (χ1) is 13.4. The van der Waals surface area contributed by atoms with Gasteiger partial charge in [0.05, 0.1) is 12.0 Å². The molecule has 2 aromatic rings. The van der Waals surface area contributed by atoms with Crippen molar-refractivity contribution in [2.75, 3.05) is 6.79 Å². The number of carboxylic acids is 1. The predicted molar refractivity (Wildman–Crippen MR) is 96.7 cm³/mol. The Morgan fingerprint density at radius 3 is 2.46 bits per heavy atom. The molecular formula is C20H17N2O6-. The van der Waals surface area contributed by atoms with Crippen LogP contribution < -0.4 is 25.2 Å². The SMILES string of the molecule is CC(=O)N/C(=C/c1ccc2c(c1)OCO2)C(=O)N[C@@H](C(=O)[O-])c1ccccc1. The zero-order valence-electron chi connectivity index (χ0n) is 14.9. The number of nitrogens with one attached hydrogen (secondary N) is 2. The van der Waals surface area contributed by atoms with Crippen LogP contribution in [0, 0.1) is 0 Å². The molecule has 0 aliphatic carbocycles. The zero-order chi connectivity index (χ0) is 20.1. The number of hydrogen-bond acceptors (Lipinski definition) is 6. The molecule has 0 saturated carbocycles. The number of rotatable bonds is 6. The standard InChI is InChI=1S/C20H18N2O6/c1-12(23)21-15(9-13-7-8-16-17(10-13)28-11-27-16)19(24)22-18(20(25)26)14-5-3-2-4-6-14/h2-10,18H,11H2,1H3,(H,21,23)(H,22,24)(H,25,26)/p-1/b15-9+/t18-/m1/s1. The molecule has 0 unspecified atom stereocenters. The summed E-state index contributed by atoms with van der Waals surface area (Å²) in [6, 6.07) is 11.7. The molecule has 2 N–H and O–H groups in total. The van der Waals surface area contributed by atoms with E-state index in [2.05, 4.69) is 10.6 Å². The number of hydrogen-bond donors (Lipinski definition) is 2. The summed E-state index contributed by atoms with van der Waals surface area (Å²) in [7, 11) is 0. The summed E-state index contributed by atoms with van der Waals surface area (Å²) >= 11 is 0. The first-order valence-corrected chi connectivity index (χ1v) is 8.39. The number of amides is 2. The van der Waals surface area contributed by atoms with Gasteiger partial charge in [-0.1, -0.05) is 36.4 Å². The van der Waals surface area contributed by atoms with Gasteiger partial charge in [-0.2, -0.15) is 0 Å². The van der Waals surface area contributed by atoms with Gasteiger partial charge in [-0.25, -0.2) is 0 Å². The van der Waals surface area contributed by atoms with Crippen molar-refractivity contribution >= 4 is 23.9 Å². The number of carbonyl (C=O) groups is 3. The minimum absolute atomic E-state index is 0.103. The lowest BCUT2D eigenvalue weighted by atomic mass is 10.1. The quantitative estimate of drug-likeness (QED) is 0.704. The van der Waals surface area contributed by atoms with E-state index in [-0.39, 0.29) is 12.5 Å². The molecule has 28 heavy (non-hydrogen) atoms. The zero-order valence-corrected chi connectivity index (χ0v) is 14.9. The molecule has 2 amide bonds. The van der Waals surface area contributed by atoms with Crippen LogP contribution in [0.5, 0.6) is 11.5 Å². The maximum absolute atomic E-state index is 12.7. The van der Waals surface area contributed by atoms with Crippen molar-refractivity contribution in [2.24, 2.45) is 0 Å². The lowest BCUT2D eigenvalue weighted by molar-refractivity contribution is -0.308. The van der Waals surface area contributed by atoms with E-state index in [1.165, 1.54) is 13.0 Å². The Labute approximate surface area is 160 Å². The van der Waals surface area contributed by atoms with Crippen molar-refractivity contribution in [1.82, 2.24) is 10.6 Å². The summed E-state index contributed by atoms with van der Waals surface area (Å²) in [5.41, 5.74) is 0.794. The smallest absolute Gasteiger partial charge is 0.268 e. The molecule has 0 fully saturated rings. The van der Waals surface area contributed by atoms with Crippen molar-refractivity contribution in [2.45, 2.75) is 13.0 Å². The molecule has 3 rings (SSSR count). The highest BCUT2D eigenvalue weighted by atomic mass is 16.7. The summed E-state index contributed by atoms with van der Waals surface area (Å²) in [5.74, 6) is -1.64. The molecule has 0 radical (unpaired) electrons. The topological polar surface area (TPSA) is 117 Å². The predicted octanol–water partition coefficient (Wildman–Crippen LogP) is 0.500. The van der Waals surface area contributed by atoms with Crippen LogP contribution in [-0.4, -0.2) is 24.6 Å². The van der Waals surface area contributed by atoms with Crippen LogP contribution in [-0.2, 0) is 14.4 Å². The fourth-order valence-corrected chi connectivity index (χ4v) is 2.65. The third-order valence-corrected chi connectivity index (χ3v) is 3.91. The highest BCUT2D eigenvalue weighted by Gasteiger charge is 2.20. The molecule has 0 spiro atoms. The van der Waals surface area contributed by atoms with Crippen LogP contribution in [0.2, 0.25) is 0 Å². The van der Waals surface area contributed by atoms with Crippen LogP contribution in [0.3, 0.4) is 0 Å². The van der Waals surface area contributed by atoms with Gasteiger partial charge in [0.2, 0.25) is 12.7 Å². The average Bonchev–Trinajstić information content (AvgIpc) is 3.13. The number of benzene rings is 2. The molecule has 0 aromatic heterocycles. The van der Waals surface area contributed by atoms with E-state index >= 15 is 0 Å². The minimum Gasteiger partial charge on any atom is -0.548 e. The number of carboxylic acid groups (broad SMARTS) is 1. The summed E-state index contributed by atoms with van der Waals surface area (Å²) in [6.07, 6.45) is 1.41. The van der Waals surface area contributed by atoms with Gasteiger partial charge in [0.15, 0.2) is 11.5 Å². The number of ether oxygens (including phenoxy) is 2. The fourth-order valence-electron chi connectivity index (χ4n) is 2.65. The molecule has 144 valence electrons. The van der Waals surface area contributed by atoms with Crippen molar-refractivity contribution in [1.29, 1.82) is 0 Å². The fraction of sp³-hybridized carbons (Fsp3) is 0.150.